The van der Waals surface area contributed by atoms with Crippen molar-refractivity contribution >= 4 is 11.9 Å². The van der Waals surface area contributed by atoms with Gasteiger partial charge in [0.15, 0.2) is 0 Å². The Hall–Kier alpha value is 0.100. The molecule has 1 nitrogen and oxygen atoms in total. The highest BCUT2D eigenvalue weighted by Gasteiger charge is 2.43. The average Bonchev–Trinajstić information content (AvgIpc) is 2.24. The molecule has 3 unspecified atom stereocenters. The molecule has 0 aromatic heterocycles. The third-order valence-electron chi connectivity index (χ3n) is 4.80. The Morgan fingerprint density at radius 1 is 1.22 bits per heavy atom. The van der Waals surface area contributed by atoms with E-state index < -0.39 is 5.51 Å². The van der Waals surface area contributed by atoms with Gasteiger partial charge in [0.05, 0.1) is 0 Å². The molecule has 2 fully saturated rings. The summed E-state index contributed by atoms with van der Waals surface area (Å²) in [7, 11) is 0. The Balaban J connectivity index is 1.93. The van der Waals surface area contributed by atoms with Gasteiger partial charge >= 0.3 is 5.51 Å². The van der Waals surface area contributed by atoms with E-state index in [9.17, 15) is 13.2 Å². The largest absolute Gasteiger partial charge is 0.456 e. The second-order valence-electron chi connectivity index (χ2n) is 6.35. The zero-order valence-corrected chi connectivity index (χ0v) is 11.8. The summed E-state index contributed by atoms with van der Waals surface area (Å²) in [5.74, 6) is 1.48. The van der Waals surface area contributed by atoms with E-state index in [1.807, 2.05) is 6.92 Å². The van der Waals surface area contributed by atoms with E-state index in [2.05, 4.69) is 11.6 Å². The number of halogens is 3. The molecule has 3 atom stereocenters. The Bertz CT molecular complexity index is 280. The zero-order valence-electron chi connectivity index (χ0n) is 11.0. The Labute approximate surface area is 111 Å². The van der Waals surface area contributed by atoms with Gasteiger partial charge in [-0.3, -0.25) is 4.72 Å². The first kappa shape index (κ1) is 14.5. The van der Waals surface area contributed by atoms with Gasteiger partial charge in [0.1, 0.15) is 0 Å². The average molecular weight is 281 g/mol. The third kappa shape index (κ3) is 3.56. The first-order valence-corrected chi connectivity index (χ1v) is 7.60. The van der Waals surface area contributed by atoms with E-state index in [-0.39, 0.29) is 23.4 Å². The van der Waals surface area contributed by atoms with Crippen molar-refractivity contribution in [1.29, 1.82) is 0 Å². The fraction of sp³-hybridized carbons (Fsp3) is 1.00. The summed E-state index contributed by atoms with van der Waals surface area (Å²) in [6.07, 6.45) is 7.31. The van der Waals surface area contributed by atoms with Crippen LogP contribution in [-0.2, 0) is 0 Å². The highest BCUT2D eigenvalue weighted by atomic mass is 32.2. The summed E-state index contributed by atoms with van der Waals surface area (Å²) in [6, 6.07) is -0.0903. The van der Waals surface area contributed by atoms with Crippen LogP contribution in [0, 0.1) is 17.3 Å². The molecular formula is C13H22F3NS. The summed E-state index contributed by atoms with van der Waals surface area (Å²) in [5.41, 5.74) is -4.17. The normalized spacial score (nSPS) is 38.5. The van der Waals surface area contributed by atoms with Crippen LogP contribution in [0.25, 0.3) is 0 Å². The standard InChI is InChI=1S/C13H22F3NS/c1-9(17-18-13(14,15)16)12(2)7-10-4-3-5-11(6-10)8-12/h9-11,17H,3-8H2,1-2H3. The molecule has 106 valence electrons. The maximum absolute atomic E-state index is 12.2. The van der Waals surface area contributed by atoms with Crippen molar-refractivity contribution < 1.29 is 13.2 Å². The topological polar surface area (TPSA) is 12.0 Å². The van der Waals surface area contributed by atoms with E-state index >= 15 is 0 Å². The van der Waals surface area contributed by atoms with E-state index in [0.717, 1.165) is 24.7 Å². The molecule has 0 aromatic rings. The highest BCUT2D eigenvalue weighted by molar-refractivity contribution is 7.98. The Kier molecular flexibility index (Phi) is 4.22. The first-order valence-electron chi connectivity index (χ1n) is 6.79. The third-order valence-corrected chi connectivity index (χ3v) is 5.50. The van der Waals surface area contributed by atoms with Crippen molar-refractivity contribution in [3.05, 3.63) is 0 Å². The van der Waals surface area contributed by atoms with Crippen LogP contribution in [0.4, 0.5) is 13.2 Å². The number of hydrogen-bond donors (Lipinski definition) is 1. The van der Waals surface area contributed by atoms with E-state index in [4.69, 9.17) is 0 Å². The van der Waals surface area contributed by atoms with Gasteiger partial charge < -0.3 is 0 Å². The molecule has 0 heterocycles. The van der Waals surface area contributed by atoms with Gasteiger partial charge in [0.2, 0.25) is 0 Å². The van der Waals surface area contributed by atoms with E-state index in [0.29, 0.717) is 0 Å². The van der Waals surface area contributed by atoms with Gasteiger partial charge in [-0.15, -0.1) is 0 Å². The van der Waals surface area contributed by atoms with Crippen molar-refractivity contribution in [2.45, 2.75) is 63.9 Å². The van der Waals surface area contributed by atoms with Gasteiger partial charge in [0, 0.05) is 18.0 Å². The van der Waals surface area contributed by atoms with Crippen LogP contribution in [0.15, 0.2) is 0 Å². The summed E-state index contributed by atoms with van der Waals surface area (Å²) in [5, 5.41) is 0. The lowest BCUT2D eigenvalue weighted by Gasteiger charge is -2.48. The van der Waals surface area contributed by atoms with E-state index in [1.165, 1.54) is 25.7 Å². The van der Waals surface area contributed by atoms with Crippen LogP contribution in [-0.4, -0.2) is 11.6 Å². The van der Waals surface area contributed by atoms with Crippen LogP contribution in [0.5, 0.6) is 0 Å². The van der Waals surface area contributed by atoms with Crippen molar-refractivity contribution in [1.82, 2.24) is 4.72 Å². The highest BCUT2D eigenvalue weighted by Crippen LogP contribution is 2.50. The second-order valence-corrected chi connectivity index (χ2v) is 7.25. The second kappa shape index (κ2) is 5.23. The maximum Gasteiger partial charge on any atom is 0.456 e. The first-order chi connectivity index (χ1) is 8.28. The Morgan fingerprint density at radius 3 is 2.28 bits per heavy atom. The fourth-order valence-corrected chi connectivity index (χ4v) is 4.42. The molecule has 5 heteroatoms. The number of rotatable bonds is 3. The van der Waals surface area contributed by atoms with Crippen molar-refractivity contribution in [3.8, 4) is 0 Å². The predicted octanol–water partition coefficient (Wildman–Crippen LogP) is 4.74. The van der Waals surface area contributed by atoms with Gasteiger partial charge in [-0.05, 0) is 43.4 Å². The number of alkyl halides is 3. The van der Waals surface area contributed by atoms with Gasteiger partial charge in [-0.25, -0.2) is 0 Å². The monoisotopic (exact) mass is 281 g/mol. The quantitative estimate of drug-likeness (QED) is 0.750. The summed E-state index contributed by atoms with van der Waals surface area (Å²) in [4.78, 5) is 0. The lowest BCUT2D eigenvalue weighted by atomic mass is 9.59. The molecule has 0 aromatic carbocycles. The lowest BCUT2D eigenvalue weighted by Crippen LogP contribution is -2.45. The minimum atomic E-state index is -4.19. The summed E-state index contributed by atoms with van der Waals surface area (Å²) in [6.45, 7) is 4.06. The molecule has 0 radical (unpaired) electrons. The molecule has 18 heavy (non-hydrogen) atoms. The summed E-state index contributed by atoms with van der Waals surface area (Å²) < 4.78 is 39.3. The molecule has 1 N–H and O–H groups in total. The smallest absolute Gasteiger partial charge is 0.253 e. The number of nitrogens with one attached hydrogen (secondary N) is 1. The SMILES string of the molecule is CC(NSC(F)(F)F)C1(C)CC2CCCC(C2)C1. The lowest BCUT2D eigenvalue weighted by molar-refractivity contribution is -0.0345. The minimum absolute atomic E-state index is 0.0201. The van der Waals surface area contributed by atoms with Crippen molar-refractivity contribution in [2.24, 2.45) is 17.3 Å². The van der Waals surface area contributed by atoms with Gasteiger partial charge in [-0.1, -0.05) is 26.2 Å². The molecule has 2 saturated carbocycles. The summed E-state index contributed by atoms with van der Waals surface area (Å²) >= 11 is -0.0881. The van der Waals surface area contributed by atoms with Crippen LogP contribution < -0.4 is 4.72 Å². The van der Waals surface area contributed by atoms with Crippen LogP contribution >= 0.6 is 11.9 Å². The Morgan fingerprint density at radius 2 is 1.78 bits per heavy atom. The van der Waals surface area contributed by atoms with Gasteiger partial charge in [-0.2, -0.15) is 13.2 Å². The zero-order chi connectivity index (χ0) is 13.4. The number of hydrogen-bond acceptors (Lipinski definition) is 2. The molecule has 2 rings (SSSR count). The van der Waals surface area contributed by atoms with E-state index in [1.54, 1.807) is 0 Å². The molecular weight excluding hydrogens is 259 g/mol. The maximum atomic E-state index is 12.2. The van der Waals surface area contributed by atoms with Crippen molar-refractivity contribution in [3.63, 3.8) is 0 Å². The molecule has 2 bridgehead atoms. The molecule has 2 aliphatic rings. The molecule has 2 aliphatic carbocycles. The van der Waals surface area contributed by atoms with Crippen LogP contribution in [0.3, 0.4) is 0 Å². The molecule has 0 spiro atoms. The van der Waals surface area contributed by atoms with Gasteiger partial charge in [0.25, 0.3) is 0 Å². The van der Waals surface area contributed by atoms with Crippen molar-refractivity contribution in [2.75, 3.05) is 0 Å². The number of fused-ring (bicyclic) bond motifs is 2. The van der Waals surface area contributed by atoms with Crippen LogP contribution in [0.2, 0.25) is 0 Å². The predicted molar refractivity (Wildman–Crippen MR) is 69.0 cm³/mol. The molecule has 0 amide bonds. The molecule has 0 saturated heterocycles. The molecule has 0 aliphatic heterocycles. The minimum Gasteiger partial charge on any atom is -0.253 e. The van der Waals surface area contributed by atoms with Crippen LogP contribution in [0.1, 0.15) is 52.4 Å². The fourth-order valence-electron chi connectivity index (χ4n) is 3.83.